The van der Waals surface area contributed by atoms with Gasteiger partial charge in [-0.25, -0.2) is 0 Å². The van der Waals surface area contributed by atoms with E-state index in [4.69, 9.17) is 0 Å². The molecule has 69 heavy (non-hydrogen) atoms. The van der Waals surface area contributed by atoms with E-state index >= 15 is 0 Å². The zero-order valence-electron chi connectivity index (χ0n) is 38.0. The first-order valence-corrected chi connectivity index (χ1v) is 23.8. The molecule has 13 rings (SSSR count). The topological polar surface area (TPSA) is 8.17 Å². The maximum absolute atomic E-state index is 2.48. The SMILES string of the molecule is c1ccc(-c2cccc(N(c3ccccc3)c3cccc(-c4ccccc4-c4ccc5c6ccccc6n(-c6ccc7c(c6)-c6ccccc6C7(c6ccccc6)c6ccccc6)c5c4)c3)c2)cc1. The molecular formula is C67H46N2. The summed E-state index contributed by atoms with van der Waals surface area (Å²) in [6.07, 6.45) is 0. The van der Waals surface area contributed by atoms with Crippen molar-refractivity contribution in [2.75, 3.05) is 4.90 Å². The number of anilines is 3. The fourth-order valence-corrected chi connectivity index (χ4v) is 11.3. The summed E-state index contributed by atoms with van der Waals surface area (Å²) in [6, 6.07) is 102. The number of para-hydroxylation sites is 2. The Morgan fingerprint density at radius 2 is 0.768 bits per heavy atom. The Hall–Kier alpha value is -8.98. The van der Waals surface area contributed by atoms with Crippen LogP contribution in [0.1, 0.15) is 22.3 Å². The van der Waals surface area contributed by atoms with Crippen LogP contribution in [0.4, 0.5) is 17.1 Å². The molecule has 0 atom stereocenters. The number of nitrogens with zero attached hydrogens (tertiary/aromatic N) is 2. The third-order valence-corrected chi connectivity index (χ3v) is 14.3. The van der Waals surface area contributed by atoms with Crippen molar-refractivity contribution in [2.45, 2.75) is 5.41 Å². The second kappa shape index (κ2) is 16.7. The third kappa shape index (κ3) is 6.64. The molecule has 0 aliphatic heterocycles. The second-order valence-electron chi connectivity index (χ2n) is 18.0. The summed E-state index contributed by atoms with van der Waals surface area (Å²) in [7, 11) is 0. The van der Waals surface area contributed by atoms with Gasteiger partial charge in [0.05, 0.1) is 16.4 Å². The molecule has 2 nitrogen and oxygen atoms in total. The van der Waals surface area contributed by atoms with E-state index in [-0.39, 0.29) is 0 Å². The van der Waals surface area contributed by atoms with Crippen LogP contribution in [-0.2, 0) is 5.41 Å². The maximum atomic E-state index is 2.48. The summed E-state index contributed by atoms with van der Waals surface area (Å²) in [5.74, 6) is 0. The highest BCUT2D eigenvalue weighted by molar-refractivity contribution is 6.10. The second-order valence-corrected chi connectivity index (χ2v) is 18.0. The lowest BCUT2D eigenvalue weighted by Crippen LogP contribution is -2.28. The van der Waals surface area contributed by atoms with Gasteiger partial charge in [0.25, 0.3) is 0 Å². The van der Waals surface area contributed by atoms with Crippen LogP contribution >= 0.6 is 0 Å². The molecule has 0 saturated heterocycles. The van der Waals surface area contributed by atoms with Crippen LogP contribution in [0.25, 0.3) is 72.0 Å². The van der Waals surface area contributed by atoms with Crippen LogP contribution in [0.15, 0.2) is 279 Å². The Morgan fingerprint density at radius 1 is 0.275 bits per heavy atom. The van der Waals surface area contributed by atoms with Crippen LogP contribution in [0.2, 0.25) is 0 Å². The van der Waals surface area contributed by atoms with Crippen molar-refractivity contribution in [3.8, 4) is 50.2 Å². The van der Waals surface area contributed by atoms with E-state index < -0.39 is 5.41 Å². The smallest absolute Gasteiger partial charge is 0.0713 e. The van der Waals surface area contributed by atoms with Crippen molar-refractivity contribution >= 4 is 38.9 Å². The van der Waals surface area contributed by atoms with Gasteiger partial charge in [0.1, 0.15) is 0 Å². The largest absolute Gasteiger partial charge is 0.310 e. The van der Waals surface area contributed by atoms with Crippen molar-refractivity contribution in [1.82, 2.24) is 4.57 Å². The molecule has 0 spiro atoms. The van der Waals surface area contributed by atoms with Crippen LogP contribution < -0.4 is 4.90 Å². The number of aromatic nitrogens is 1. The third-order valence-electron chi connectivity index (χ3n) is 14.3. The van der Waals surface area contributed by atoms with Crippen LogP contribution in [-0.4, -0.2) is 4.57 Å². The standard InChI is InChI=1S/C67H46N2/c1-5-21-47(22-6-1)48-23-19-31-54(43-48)68(53-29-11-4-12-30-53)55-32-20-24-49(44-55)57-33-13-14-34-58(57)50-39-41-61-60-36-16-18-38-65(60)69(66(61)45-50)56-40-42-64-62(46-56)59-35-15-17-37-63(59)67(64,51-25-7-2-8-26-51)52-27-9-3-10-28-52/h1-46H. The summed E-state index contributed by atoms with van der Waals surface area (Å²) in [5, 5.41) is 2.47. The first-order chi connectivity index (χ1) is 34.2. The van der Waals surface area contributed by atoms with E-state index in [1.165, 1.54) is 83.0 Å². The number of hydrogen-bond acceptors (Lipinski definition) is 1. The quantitative estimate of drug-likeness (QED) is 0.140. The van der Waals surface area contributed by atoms with Crippen molar-refractivity contribution < 1.29 is 0 Å². The average Bonchev–Trinajstić information content (AvgIpc) is 3.92. The Morgan fingerprint density at radius 3 is 1.46 bits per heavy atom. The van der Waals surface area contributed by atoms with Gasteiger partial charge in [-0.05, 0) is 127 Å². The van der Waals surface area contributed by atoms with E-state index in [1.807, 2.05) is 0 Å². The zero-order chi connectivity index (χ0) is 45.7. The molecule has 0 unspecified atom stereocenters. The van der Waals surface area contributed by atoms with Gasteiger partial charge in [-0.15, -0.1) is 0 Å². The zero-order valence-corrected chi connectivity index (χ0v) is 38.0. The van der Waals surface area contributed by atoms with Crippen molar-refractivity contribution in [1.29, 1.82) is 0 Å². The minimum absolute atomic E-state index is 0.452. The predicted molar refractivity (Wildman–Crippen MR) is 289 cm³/mol. The van der Waals surface area contributed by atoms with Gasteiger partial charge in [-0.3, -0.25) is 0 Å². The average molecular weight is 879 g/mol. The van der Waals surface area contributed by atoms with Crippen molar-refractivity contribution in [3.05, 3.63) is 301 Å². The Labute approximate surface area is 403 Å². The van der Waals surface area contributed by atoms with E-state index in [1.54, 1.807) is 0 Å². The molecule has 2 heteroatoms. The Balaban J connectivity index is 0.954. The first kappa shape index (κ1) is 40.3. The molecule has 0 saturated carbocycles. The molecule has 324 valence electrons. The van der Waals surface area contributed by atoms with Crippen molar-refractivity contribution in [2.24, 2.45) is 0 Å². The lowest BCUT2D eigenvalue weighted by atomic mass is 9.68. The van der Waals surface area contributed by atoms with Gasteiger partial charge in [0.15, 0.2) is 0 Å². The van der Waals surface area contributed by atoms with Crippen LogP contribution in [0, 0.1) is 0 Å². The highest BCUT2D eigenvalue weighted by atomic mass is 15.1. The molecule has 0 N–H and O–H groups in total. The molecule has 0 radical (unpaired) electrons. The molecule has 12 aromatic rings. The van der Waals surface area contributed by atoms with Gasteiger partial charge in [0, 0.05) is 33.5 Å². The number of benzene rings is 11. The predicted octanol–water partition coefficient (Wildman–Crippen LogP) is 17.6. The van der Waals surface area contributed by atoms with E-state index in [9.17, 15) is 0 Å². The minimum atomic E-state index is -0.452. The fourth-order valence-electron chi connectivity index (χ4n) is 11.3. The summed E-state index contributed by atoms with van der Waals surface area (Å²) in [5.41, 5.74) is 21.1. The lowest BCUT2D eigenvalue weighted by Gasteiger charge is -2.33. The highest BCUT2D eigenvalue weighted by Crippen LogP contribution is 2.56. The number of rotatable bonds is 9. The number of fused-ring (bicyclic) bond motifs is 6. The molecule has 1 aliphatic carbocycles. The summed E-state index contributed by atoms with van der Waals surface area (Å²) in [4.78, 5) is 2.36. The summed E-state index contributed by atoms with van der Waals surface area (Å²) < 4.78 is 2.48. The van der Waals surface area contributed by atoms with E-state index in [2.05, 4.69) is 289 Å². The minimum Gasteiger partial charge on any atom is -0.310 e. The van der Waals surface area contributed by atoms with Crippen molar-refractivity contribution in [3.63, 3.8) is 0 Å². The normalized spacial score (nSPS) is 12.5. The molecule has 1 heterocycles. The van der Waals surface area contributed by atoms with Gasteiger partial charge in [0.2, 0.25) is 0 Å². The fraction of sp³-hybridized carbons (Fsp3) is 0.0149. The molecule has 0 amide bonds. The Kier molecular flexibility index (Phi) is 9.77. The summed E-state index contributed by atoms with van der Waals surface area (Å²) >= 11 is 0. The first-order valence-electron chi connectivity index (χ1n) is 23.8. The van der Waals surface area contributed by atoms with E-state index in [0.717, 1.165) is 28.3 Å². The Bertz CT molecular complexity index is 3790. The van der Waals surface area contributed by atoms with Gasteiger partial charge in [-0.1, -0.05) is 218 Å². The summed E-state index contributed by atoms with van der Waals surface area (Å²) in [6.45, 7) is 0. The monoisotopic (exact) mass is 878 g/mol. The maximum Gasteiger partial charge on any atom is 0.0713 e. The van der Waals surface area contributed by atoms with Gasteiger partial charge in [-0.2, -0.15) is 0 Å². The molecule has 1 aromatic heterocycles. The van der Waals surface area contributed by atoms with E-state index in [0.29, 0.717) is 0 Å². The molecule has 0 bridgehead atoms. The van der Waals surface area contributed by atoms with Crippen LogP contribution in [0.3, 0.4) is 0 Å². The molecular weight excluding hydrogens is 833 g/mol. The highest BCUT2D eigenvalue weighted by Gasteiger charge is 2.46. The number of hydrogen-bond donors (Lipinski definition) is 0. The van der Waals surface area contributed by atoms with Gasteiger partial charge >= 0.3 is 0 Å². The van der Waals surface area contributed by atoms with Gasteiger partial charge < -0.3 is 9.47 Å². The van der Waals surface area contributed by atoms with Crippen LogP contribution in [0.5, 0.6) is 0 Å². The molecule has 0 fully saturated rings. The molecule has 1 aliphatic rings. The molecule has 11 aromatic carbocycles. The lowest BCUT2D eigenvalue weighted by molar-refractivity contribution is 0.768.